The highest BCUT2D eigenvalue weighted by atomic mass is 15.1. The third kappa shape index (κ3) is 3.85. The van der Waals surface area contributed by atoms with E-state index in [0.717, 1.165) is 17.1 Å². The van der Waals surface area contributed by atoms with E-state index < -0.39 is 0 Å². The second-order valence-corrected chi connectivity index (χ2v) is 15.4. The minimum atomic E-state index is -0.116. The molecule has 0 amide bonds. The minimum Gasteiger partial charge on any atom is -0.310 e. The van der Waals surface area contributed by atoms with Crippen LogP contribution in [0, 0.1) is 0 Å². The van der Waals surface area contributed by atoms with Crippen LogP contribution >= 0.6 is 0 Å². The maximum absolute atomic E-state index is 2.52. The molecule has 0 fully saturated rings. The van der Waals surface area contributed by atoms with E-state index in [4.69, 9.17) is 0 Å². The largest absolute Gasteiger partial charge is 0.310 e. The van der Waals surface area contributed by atoms with E-state index in [1.807, 2.05) is 0 Å². The van der Waals surface area contributed by atoms with Crippen molar-refractivity contribution in [3.63, 3.8) is 0 Å². The molecule has 0 saturated carbocycles. The van der Waals surface area contributed by atoms with Crippen LogP contribution in [-0.4, -0.2) is 8.80 Å². The maximum Gasteiger partial charge on any atom is 0.0789 e. The van der Waals surface area contributed by atoms with Crippen molar-refractivity contribution in [2.75, 3.05) is 4.90 Å². The first kappa shape index (κ1) is 29.7. The quantitative estimate of drug-likeness (QED) is 0.168. The van der Waals surface area contributed by atoms with Gasteiger partial charge in [-0.25, -0.2) is 0 Å². The summed E-state index contributed by atoms with van der Waals surface area (Å²) in [5.74, 6) is 0. The van der Waals surface area contributed by atoms with Gasteiger partial charge in [-0.1, -0.05) is 135 Å². The van der Waals surface area contributed by atoms with Crippen LogP contribution in [0.25, 0.3) is 76.9 Å². The molecule has 0 aliphatic heterocycles. The van der Waals surface area contributed by atoms with Crippen LogP contribution in [0.4, 0.5) is 17.1 Å². The lowest BCUT2D eigenvalue weighted by atomic mass is 9.82. The Hall–Kier alpha value is -6.84. The van der Waals surface area contributed by atoms with Crippen LogP contribution in [0.1, 0.15) is 25.0 Å². The zero-order valence-corrected chi connectivity index (χ0v) is 30.1. The first-order chi connectivity index (χ1) is 26.6. The van der Waals surface area contributed by atoms with Crippen LogP contribution in [-0.2, 0) is 5.41 Å². The highest BCUT2D eigenvalue weighted by Crippen LogP contribution is 2.51. The number of aromatic nitrogens is 2. The van der Waals surface area contributed by atoms with Crippen LogP contribution in [0.15, 0.2) is 176 Å². The van der Waals surface area contributed by atoms with E-state index in [2.05, 4.69) is 203 Å². The summed E-state index contributed by atoms with van der Waals surface area (Å²) in [4.78, 5) is 2.46. The smallest absolute Gasteiger partial charge is 0.0789 e. The monoisotopic (exact) mass is 689 g/mol. The summed E-state index contributed by atoms with van der Waals surface area (Å²) < 4.78 is 5.02. The molecule has 1 aliphatic rings. The zero-order chi connectivity index (χ0) is 35.7. The Balaban J connectivity index is 1.17. The van der Waals surface area contributed by atoms with Gasteiger partial charge in [-0.3, -0.25) is 0 Å². The summed E-state index contributed by atoms with van der Waals surface area (Å²) in [6.45, 7) is 4.73. The summed E-state index contributed by atoms with van der Waals surface area (Å²) >= 11 is 0. The van der Waals surface area contributed by atoms with E-state index in [-0.39, 0.29) is 5.41 Å². The SMILES string of the molecule is CC1(C)c2ccccc2-c2ccc(N(c3cccc(-c4ccccc4)c3)c3ccc4c(c3)n3c5ccccc5c5ccc6c7ccccc7n4c6c53)cc21. The van der Waals surface area contributed by atoms with E-state index >= 15 is 0 Å². The molecule has 0 N–H and O–H groups in total. The Morgan fingerprint density at radius 3 is 1.70 bits per heavy atom. The third-order valence-corrected chi connectivity index (χ3v) is 12.2. The van der Waals surface area contributed by atoms with Crippen molar-refractivity contribution in [2.24, 2.45) is 0 Å². The molecular formula is C51H35N3. The van der Waals surface area contributed by atoms with Crippen molar-refractivity contribution >= 4 is 71.7 Å². The fourth-order valence-corrected chi connectivity index (χ4v) is 9.75. The highest BCUT2D eigenvalue weighted by Gasteiger charge is 2.36. The molecule has 3 nitrogen and oxygen atoms in total. The van der Waals surface area contributed by atoms with Crippen molar-refractivity contribution in [2.45, 2.75) is 19.3 Å². The average molecular weight is 690 g/mol. The third-order valence-electron chi connectivity index (χ3n) is 12.2. The Kier molecular flexibility index (Phi) is 5.84. The number of benzene rings is 8. The van der Waals surface area contributed by atoms with Crippen molar-refractivity contribution < 1.29 is 0 Å². The molecule has 11 aromatic rings. The molecule has 3 heteroatoms. The lowest BCUT2D eigenvalue weighted by Crippen LogP contribution is -2.16. The molecule has 1 aliphatic carbocycles. The van der Waals surface area contributed by atoms with Gasteiger partial charge < -0.3 is 13.7 Å². The first-order valence-electron chi connectivity index (χ1n) is 18.9. The van der Waals surface area contributed by atoms with Crippen molar-refractivity contribution in [1.82, 2.24) is 8.80 Å². The number of rotatable bonds is 4. The maximum atomic E-state index is 2.52. The number of para-hydroxylation sites is 2. The van der Waals surface area contributed by atoms with Gasteiger partial charge in [-0.15, -0.1) is 0 Å². The normalized spacial score (nSPS) is 13.5. The Bertz CT molecular complexity index is 3310. The van der Waals surface area contributed by atoms with Gasteiger partial charge in [0.15, 0.2) is 0 Å². The molecule has 0 radical (unpaired) electrons. The predicted molar refractivity (Wildman–Crippen MR) is 227 cm³/mol. The van der Waals surface area contributed by atoms with Gasteiger partial charge in [-0.2, -0.15) is 0 Å². The van der Waals surface area contributed by atoms with Gasteiger partial charge in [0.1, 0.15) is 0 Å². The average Bonchev–Trinajstić information content (AvgIpc) is 3.82. The Labute approximate surface area is 312 Å². The fraction of sp³-hybridized carbons (Fsp3) is 0.0588. The van der Waals surface area contributed by atoms with Gasteiger partial charge >= 0.3 is 0 Å². The second kappa shape index (κ2) is 10.6. The van der Waals surface area contributed by atoms with E-state index in [0.29, 0.717) is 0 Å². The molecule has 0 bridgehead atoms. The summed E-state index contributed by atoms with van der Waals surface area (Å²) in [5.41, 5.74) is 18.4. The van der Waals surface area contributed by atoms with E-state index in [9.17, 15) is 0 Å². The second-order valence-electron chi connectivity index (χ2n) is 15.4. The van der Waals surface area contributed by atoms with Crippen molar-refractivity contribution in [1.29, 1.82) is 0 Å². The predicted octanol–water partition coefficient (Wildman–Crippen LogP) is 13.7. The van der Waals surface area contributed by atoms with Gasteiger partial charge in [0, 0.05) is 44.0 Å². The molecule has 8 aromatic carbocycles. The summed E-state index contributed by atoms with van der Waals surface area (Å²) in [6.07, 6.45) is 0. The molecule has 0 atom stereocenters. The van der Waals surface area contributed by atoms with Gasteiger partial charge in [-0.05, 0) is 88.0 Å². The number of anilines is 3. The molecule has 12 rings (SSSR count). The molecule has 3 aromatic heterocycles. The molecule has 0 spiro atoms. The summed E-state index contributed by atoms with van der Waals surface area (Å²) in [6, 6.07) is 65.1. The number of nitrogens with zero attached hydrogens (tertiary/aromatic N) is 3. The first-order valence-corrected chi connectivity index (χ1v) is 18.9. The standard InChI is InChI=1S/C51H35N3/c1-51(2)43-20-9-6-17-37(43)38-25-23-35(30-44(38)51)52(34-16-12-15-33(29-34)32-13-4-3-5-14-32)36-24-28-47-48(31-36)54-46-22-11-8-19-40(46)42-27-26-41-39-18-7-10-21-45(39)53(47)49(41)50(42)54/h3-31H,1-2H3. The van der Waals surface area contributed by atoms with Gasteiger partial charge in [0.2, 0.25) is 0 Å². The zero-order valence-electron chi connectivity index (χ0n) is 30.1. The van der Waals surface area contributed by atoms with Gasteiger partial charge in [0.05, 0.1) is 33.1 Å². The van der Waals surface area contributed by atoms with Crippen molar-refractivity contribution in [3.05, 3.63) is 187 Å². The van der Waals surface area contributed by atoms with E-state index in [1.165, 1.54) is 88.0 Å². The summed E-state index contributed by atoms with van der Waals surface area (Å²) in [7, 11) is 0. The lowest BCUT2D eigenvalue weighted by Gasteiger charge is -2.29. The highest BCUT2D eigenvalue weighted by molar-refractivity contribution is 6.25. The molecule has 0 unspecified atom stereocenters. The topological polar surface area (TPSA) is 12.1 Å². The Morgan fingerprint density at radius 2 is 0.944 bits per heavy atom. The number of hydrogen-bond acceptors (Lipinski definition) is 1. The van der Waals surface area contributed by atoms with Crippen LogP contribution in [0.3, 0.4) is 0 Å². The van der Waals surface area contributed by atoms with Crippen molar-refractivity contribution in [3.8, 4) is 22.3 Å². The molecule has 54 heavy (non-hydrogen) atoms. The lowest BCUT2D eigenvalue weighted by molar-refractivity contribution is 0.660. The van der Waals surface area contributed by atoms with Crippen LogP contribution < -0.4 is 4.90 Å². The van der Waals surface area contributed by atoms with E-state index in [1.54, 1.807) is 0 Å². The Morgan fingerprint density at radius 1 is 0.370 bits per heavy atom. The molecule has 0 saturated heterocycles. The van der Waals surface area contributed by atoms with Gasteiger partial charge in [0.25, 0.3) is 0 Å². The molecule has 254 valence electrons. The number of fused-ring (bicyclic) bond motifs is 12. The summed E-state index contributed by atoms with van der Waals surface area (Å²) in [5, 5.41) is 5.13. The molecule has 3 heterocycles. The fourth-order valence-electron chi connectivity index (χ4n) is 9.75. The van der Waals surface area contributed by atoms with Crippen LogP contribution in [0.5, 0.6) is 0 Å². The minimum absolute atomic E-state index is 0.116. The van der Waals surface area contributed by atoms with Crippen LogP contribution in [0.2, 0.25) is 0 Å². The number of hydrogen-bond donors (Lipinski definition) is 0. The molecular weight excluding hydrogens is 655 g/mol.